The predicted octanol–water partition coefficient (Wildman–Crippen LogP) is 3.23. The summed E-state index contributed by atoms with van der Waals surface area (Å²) in [5, 5.41) is 4.34. The van der Waals surface area contributed by atoms with Crippen LogP contribution in [0.15, 0.2) is 59.5 Å². The highest BCUT2D eigenvalue weighted by Crippen LogP contribution is 2.26. The number of hydrogen-bond acceptors (Lipinski definition) is 2. The highest BCUT2D eigenvalue weighted by atomic mass is 32.2. The molecule has 0 aliphatic carbocycles. The molecule has 3 rings (SSSR count). The van der Waals surface area contributed by atoms with Gasteiger partial charge >= 0.3 is 0 Å². The fourth-order valence-corrected chi connectivity index (χ4v) is 2.50. The van der Waals surface area contributed by atoms with Gasteiger partial charge in [0.05, 0.1) is 0 Å². The van der Waals surface area contributed by atoms with Gasteiger partial charge in [0.1, 0.15) is 0 Å². The second kappa shape index (κ2) is 3.95. The number of benzene rings is 3. The first-order chi connectivity index (χ1) is 8.25. The fourth-order valence-electron chi connectivity index (χ4n) is 2.09. The Morgan fingerprint density at radius 1 is 0.824 bits per heavy atom. The summed E-state index contributed by atoms with van der Waals surface area (Å²) in [7, 11) is 0. The van der Waals surface area contributed by atoms with Gasteiger partial charge in [0.25, 0.3) is 0 Å². The Balaban J connectivity index is 2.41. The molecule has 0 bridgehead atoms. The van der Waals surface area contributed by atoms with Crippen LogP contribution in [-0.4, -0.2) is 8.76 Å². The zero-order valence-corrected chi connectivity index (χ0v) is 9.74. The van der Waals surface area contributed by atoms with Crippen LogP contribution in [0, 0.1) is 0 Å². The highest BCUT2D eigenvalue weighted by molar-refractivity contribution is 7.79. The van der Waals surface area contributed by atoms with E-state index >= 15 is 0 Å². The van der Waals surface area contributed by atoms with E-state index in [1.54, 1.807) is 12.1 Å². The Bertz CT molecular complexity index is 734. The number of fused-ring (bicyclic) bond motifs is 3. The molecule has 0 spiro atoms. The molecular weight excluding hydrogens is 232 g/mol. The van der Waals surface area contributed by atoms with Crippen molar-refractivity contribution in [3.8, 4) is 0 Å². The zero-order chi connectivity index (χ0) is 11.8. The molecule has 2 nitrogen and oxygen atoms in total. The molecule has 84 valence electrons. The van der Waals surface area contributed by atoms with Gasteiger partial charge < -0.3 is 4.55 Å². The molecule has 0 aliphatic heterocycles. The molecule has 0 heterocycles. The van der Waals surface area contributed by atoms with Gasteiger partial charge in [-0.2, -0.15) is 0 Å². The summed E-state index contributed by atoms with van der Waals surface area (Å²) in [6, 6.07) is 17.2. The third kappa shape index (κ3) is 1.73. The number of hydrogen-bond donors (Lipinski definition) is 0. The van der Waals surface area contributed by atoms with Crippen LogP contribution in [0.5, 0.6) is 0 Å². The second-order valence-electron chi connectivity index (χ2n) is 3.90. The van der Waals surface area contributed by atoms with Crippen molar-refractivity contribution in [3.63, 3.8) is 0 Å². The lowest BCUT2D eigenvalue weighted by Gasteiger charge is -2.08. The number of rotatable bonds is 1. The summed E-state index contributed by atoms with van der Waals surface area (Å²) < 4.78 is 21.8. The van der Waals surface area contributed by atoms with Crippen LogP contribution in [0.4, 0.5) is 0 Å². The maximum absolute atomic E-state index is 10.9. The van der Waals surface area contributed by atoms with Gasteiger partial charge in [0.2, 0.25) is 0 Å². The Morgan fingerprint density at radius 3 is 2.35 bits per heavy atom. The van der Waals surface area contributed by atoms with Crippen molar-refractivity contribution in [2.45, 2.75) is 4.90 Å². The van der Waals surface area contributed by atoms with Crippen LogP contribution in [-0.2, 0) is 11.1 Å². The van der Waals surface area contributed by atoms with E-state index in [0.29, 0.717) is 4.90 Å². The Morgan fingerprint density at radius 2 is 1.53 bits per heavy atom. The lowest BCUT2D eigenvalue weighted by molar-refractivity contribution is 0.537. The highest BCUT2D eigenvalue weighted by Gasteiger charge is 2.01. The summed E-state index contributed by atoms with van der Waals surface area (Å²) in [6.07, 6.45) is 0. The van der Waals surface area contributed by atoms with Crippen LogP contribution in [0.3, 0.4) is 0 Å². The third-order valence-corrected chi connectivity index (χ3v) is 3.55. The third-order valence-electron chi connectivity index (χ3n) is 2.91. The van der Waals surface area contributed by atoms with Gasteiger partial charge in [-0.25, -0.2) is 0 Å². The van der Waals surface area contributed by atoms with Gasteiger partial charge in [-0.3, -0.25) is 4.21 Å². The van der Waals surface area contributed by atoms with E-state index in [9.17, 15) is 8.76 Å². The van der Waals surface area contributed by atoms with Gasteiger partial charge in [-0.05, 0) is 44.8 Å². The Kier molecular flexibility index (Phi) is 2.42. The molecule has 0 saturated heterocycles. The first-order valence-electron chi connectivity index (χ1n) is 5.26. The van der Waals surface area contributed by atoms with Crippen molar-refractivity contribution in [2.75, 3.05) is 0 Å². The van der Waals surface area contributed by atoms with E-state index in [2.05, 4.69) is 6.07 Å². The van der Waals surface area contributed by atoms with E-state index in [1.807, 2.05) is 36.4 Å². The molecule has 0 saturated carbocycles. The van der Waals surface area contributed by atoms with Crippen molar-refractivity contribution in [1.82, 2.24) is 0 Å². The zero-order valence-electron chi connectivity index (χ0n) is 8.92. The van der Waals surface area contributed by atoms with E-state index in [-0.39, 0.29) is 0 Å². The van der Waals surface area contributed by atoms with Gasteiger partial charge in [-0.1, -0.05) is 42.5 Å². The molecule has 0 fully saturated rings. The minimum Gasteiger partial charge on any atom is -0.768 e. The molecule has 1 atom stereocenters. The monoisotopic (exact) mass is 241 g/mol. The normalized spacial score (nSPS) is 13.0. The molecule has 3 aromatic carbocycles. The van der Waals surface area contributed by atoms with E-state index in [4.69, 9.17) is 0 Å². The summed E-state index contributed by atoms with van der Waals surface area (Å²) in [5.74, 6) is 0. The quantitative estimate of drug-likeness (QED) is 0.484. The van der Waals surface area contributed by atoms with E-state index < -0.39 is 11.1 Å². The molecule has 0 amide bonds. The largest absolute Gasteiger partial charge is 0.768 e. The van der Waals surface area contributed by atoms with Crippen LogP contribution in [0.25, 0.3) is 21.5 Å². The second-order valence-corrected chi connectivity index (χ2v) is 4.85. The van der Waals surface area contributed by atoms with Crippen molar-refractivity contribution in [3.05, 3.63) is 54.6 Å². The first-order valence-corrected chi connectivity index (χ1v) is 6.34. The topological polar surface area (TPSA) is 40.1 Å². The first kappa shape index (κ1) is 10.4. The standard InChI is InChI=1S/C14H10O2S/c15-17(16)12-7-8-14-11(9-12)6-5-10-3-1-2-4-13(10)14/h1-9H,(H,15,16)/p-1. The molecule has 3 heteroatoms. The molecular formula is C14H9O2S-. The summed E-state index contributed by atoms with van der Waals surface area (Å²) in [5.41, 5.74) is 0. The molecule has 0 radical (unpaired) electrons. The SMILES string of the molecule is O=S([O-])c1ccc2c(ccc3ccccc32)c1. The fraction of sp³-hybridized carbons (Fsp3) is 0. The molecule has 0 N–H and O–H groups in total. The maximum Gasteiger partial charge on any atom is 0.0255 e. The van der Waals surface area contributed by atoms with Gasteiger partial charge in [-0.15, -0.1) is 0 Å². The van der Waals surface area contributed by atoms with Crippen LogP contribution < -0.4 is 0 Å². The lowest BCUT2D eigenvalue weighted by Crippen LogP contribution is -1.88. The molecule has 0 aromatic heterocycles. The predicted molar refractivity (Wildman–Crippen MR) is 68.6 cm³/mol. The Hall–Kier alpha value is -1.71. The summed E-state index contributed by atoms with van der Waals surface area (Å²) >= 11 is -2.17. The van der Waals surface area contributed by atoms with Crippen molar-refractivity contribution in [1.29, 1.82) is 0 Å². The van der Waals surface area contributed by atoms with Crippen LogP contribution >= 0.6 is 0 Å². The average molecular weight is 241 g/mol. The van der Waals surface area contributed by atoms with E-state index in [1.165, 1.54) is 0 Å². The molecule has 17 heavy (non-hydrogen) atoms. The van der Waals surface area contributed by atoms with Gasteiger partial charge in [0.15, 0.2) is 0 Å². The van der Waals surface area contributed by atoms with Gasteiger partial charge in [0, 0.05) is 4.90 Å². The molecule has 3 aromatic rings. The lowest BCUT2D eigenvalue weighted by atomic mass is 10.0. The summed E-state index contributed by atoms with van der Waals surface area (Å²) in [4.78, 5) is 0.327. The summed E-state index contributed by atoms with van der Waals surface area (Å²) in [6.45, 7) is 0. The van der Waals surface area contributed by atoms with Crippen molar-refractivity contribution in [2.24, 2.45) is 0 Å². The van der Waals surface area contributed by atoms with Crippen LogP contribution in [0.1, 0.15) is 0 Å². The molecule has 1 unspecified atom stereocenters. The molecule has 0 aliphatic rings. The Labute approximate surface area is 101 Å². The smallest absolute Gasteiger partial charge is 0.0255 e. The van der Waals surface area contributed by atoms with Crippen LogP contribution in [0.2, 0.25) is 0 Å². The minimum absolute atomic E-state index is 0.327. The van der Waals surface area contributed by atoms with E-state index in [0.717, 1.165) is 21.5 Å². The minimum atomic E-state index is -2.17. The average Bonchev–Trinajstić information content (AvgIpc) is 2.38. The van der Waals surface area contributed by atoms with Crippen molar-refractivity contribution >= 4 is 32.6 Å². The van der Waals surface area contributed by atoms with Crippen molar-refractivity contribution < 1.29 is 8.76 Å². The maximum atomic E-state index is 10.9.